The van der Waals surface area contributed by atoms with Gasteiger partial charge in [-0.3, -0.25) is 4.99 Å². The molecule has 9 heteroatoms. The molecule has 126 valence electrons. The molecule has 0 radical (unpaired) electrons. The van der Waals surface area contributed by atoms with Crippen molar-refractivity contribution < 1.29 is 13.2 Å². The minimum absolute atomic E-state index is 0.438. The van der Waals surface area contributed by atoms with Crippen LogP contribution in [0.2, 0.25) is 0 Å². The smallest absolute Gasteiger partial charge is 0.356 e. The van der Waals surface area contributed by atoms with E-state index < -0.39 is 11.9 Å². The minimum Gasteiger partial charge on any atom is -0.356 e. The molecule has 1 heterocycles. The first-order valence-electron chi connectivity index (χ1n) is 6.92. The Morgan fingerprint density at radius 2 is 2.05 bits per heavy atom. The predicted molar refractivity (Wildman–Crippen MR) is 87.8 cm³/mol. The number of aliphatic imine (C=N–C) groups is 1. The summed E-state index contributed by atoms with van der Waals surface area (Å²) in [5.74, 6) is 1.80. The molecule has 0 spiro atoms. The Balaban J connectivity index is 2.25. The Labute approximate surface area is 137 Å². The third kappa shape index (κ3) is 7.35. The van der Waals surface area contributed by atoms with Gasteiger partial charge in [0.1, 0.15) is 0 Å². The van der Waals surface area contributed by atoms with Crippen LogP contribution in [0.15, 0.2) is 10.4 Å². The average molecular weight is 354 g/mol. The zero-order valence-corrected chi connectivity index (χ0v) is 14.3. The van der Waals surface area contributed by atoms with E-state index in [1.807, 2.05) is 11.8 Å². The van der Waals surface area contributed by atoms with E-state index in [4.69, 9.17) is 0 Å². The van der Waals surface area contributed by atoms with Gasteiger partial charge in [-0.1, -0.05) is 0 Å². The number of hydrogen-bond donors (Lipinski definition) is 2. The van der Waals surface area contributed by atoms with Crippen LogP contribution >= 0.6 is 23.1 Å². The molecule has 0 atom stereocenters. The summed E-state index contributed by atoms with van der Waals surface area (Å²) in [4.78, 5) is 7.66. The number of aromatic nitrogens is 1. The first-order valence-corrected chi connectivity index (χ1v) is 9.19. The summed E-state index contributed by atoms with van der Waals surface area (Å²) in [5.41, 5.74) is -0.816. The van der Waals surface area contributed by atoms with Gasteiger partial charge in [-0.15, -0.1) is 11.3 Å². The van der Waals surface area contributed by atoms with E-state index in [2.05, 4.69) is 26.9 Å². The van der Waals surface area contributed by atoms with Crippen molar-refractivity contribution in [3.05, 3.63) is 16.1 Å². The second-order valence-electron chi connectivity index (χ2n) is 4.50. The fraction of sp³-hybridized carbons (Fsp3) is 0.692. The zero-order chi connectivity index (χ0) is 16.4. The van der Waals surface area contributed by atoms with Crippen LogP contribution in [-0.4, -0.2) is 43.1 Å². The van der Waals surface area contributed by atoms with Gasteiger partial charge in [0.15, 0.2) is 11.7 Å². The van der Waals surface area contributed by atoms with Crippen LogP contribution < -0.4 is 10.6 Å². The highest BCUT2D eigenvalue weighted by Gasteiger charge is 2.33. The van der Waals surface area contributed by atoms with E-state index in [0.717, 1.165) is 41.9 Å². The molecule has 0 amide bonds. The molecule has 1 aromatic rings. The van der Waals surface area contributed by atoms with Crippen LogP contribution in [0.5, 0.6) is 0 Å². The van der Waals surface area contributed by atoms with Crippen LogP contribution in [0.25, 0.3) is 0 Å². The SMILES string of the molecule is CN=C(NCCCCSC)NCCc1nc(C(F)(F)F)cs1. The molecule has 4 nitrogen and oxygen atoms in total. The number of alkyl halides is 3. The summed E-state index contributed by atoms with van der Waals surface area (Å²) >= 11 is 2.85. The topological polar surface area (TPSA) is 49.3 Å². The van der Waals surface area contributed by atoms with Gasteiger partial charge in [-0.2, -0.15) is 24.9 Å². The summed E-state index contributed by atoms with van der Waals surface area (Å²) in [7, 11) is 1.67. The van der Waals surface area contributed by atoms with Crippen LogP contribution in [0.4, 0.5) is 13.2 Å². The molecular formula is C13H21F3N4S2. The molecule has 0 aliphatic heterocycles. The summed E-state index contributed by atoms with van der Waals surface area (Å²) in [5, 5.41) is 7.77. The standard InChI is InChI=1S/C13H21F3N4S2/c1-17-12(18-6-3-4-8-21-2)19-7-5-11-20-10(9-22-11)13(14,15)16/h9H,3-8H2,1-2H3,(H2,17,18,19). The molecule has 0 aromatic carbocycles. The second-order valence-corrected chi connectivity index (χ2v) is 6.43. The number of halogens is 3. The fourth-order valence-electron chi connectivity index (χ4n) is 1.64. The molecule has 0 fully saturated rings. The quantitative estimate of drug-likeness (QED) is 0.428. The third-order valence-electron chi connectivity index (χ3n) is 2.76. The molecule has 0 aliphatic rings. The van der Waals surface area contributed by atoms with Crippen molar-refractivity contribution in [1.82, 2.24) is 15.6 Å². The minimum atomic E-state index is -4.36. The second kappa shape index (κ2) is 9.94. The van der Waals surface area contributed by atoms with Crippen LogP contribution in [-0.2, 0) is 12.6 Å². The van der Waals surface area contributed by atoms with Gasteiger partial charge >= 0.3 is 6.18 Å². The van der Waals surface area contributed by atoms with Crippen molar-refractivity contribution in [2.24, 2.45) is 4.99 Å². The number of unbranched alkanes of at least 4 members (excludes halogenated alkanes) is 1. The van der Waals surface area contributed by atoms with Gasteiger partial charge in [-0.25, -0.2) is 4.98 Å². The summed E-state index contributed by atoms with van der Waals surface area (Å²) in [6, 6.07) is 0. The maximum Gasteiger partial charge on any atom is 0.434 e. The van der Waals surface area contributed by atoms with E-state index in [0.29, 0.717) is 23.9 Å². The third-order valence-corrected chi connectivity index (χ3v) is 4.37. The van der Waals surface area contributed by atoms with E-state index in [1.54, 1.807) is 7.05 Å². The van der Waals surface area contributed by atoms with Gasteiger partial charge in [-0.05, 0) is 24.9 Å². The molecule has 22 heavy (non-hydrogen) atoms. The highest BCUT2D eigenvalue weighted by atomic mass is 32.2. The lowest BCUT2D eigenvalue weighted by atomic mass is 10.3. The molecule has 1 rings (SSSR count). The Kier molecular flexibility index (Phi) is 8.62. The monoisotopic (exact) mass is 354 g/mol. The number of hydrogen-bond acceptors (Lipinski definition) is 4. The van der Waals surface area contributed by atoms with Gasteiger partial charge < -0.3 is 10.6 Å². The highest BCUT2D eigenvalue weighted by molar-refractivity contribution is 7.98. The maximum absolute atomic E-state index is 12.4. The van der Waals surface area contributed by atoms with Crippen molar-refractivity contribution in [3.63, 3.8) is 0 Å². The van der Waals surface area contributed by atoms with Crippen LogP contribution in [0, 0.1) is 0 Å². The number of rotatable bonds is 8. The van der Waals surface area contributed by atoms with Crippen molar-refractivity contribution in [3.8, 4) is 0 Å². The summed E-state index contributed by atoms with van der Waals surface area (Å²) < 4.78 is 37.3. The zero-order valence-electron chi connectivity index (χ0n) is 12.7. The molecule has 0 bridgehead atoms. The molecule has 0 aliphatic carbocycles. The maximum atomic E-state index is 12.4. The van der Waals surface area contributed by atoms with Crippen molar-refractivity contribution >= 4 is 29.1 Å². The molecule has 0 saturated carbocycles. The van der Waals surface area contributed by atoms with Gasteiger partial charge in [0.25, 0.3) is 0 Å². The lowest BCUT2D eigenvalue weighted by molar-refractivity contribution is -0.140. The average Bonchev–Trinajstić information content (AvgIpc) is 2.94. The molecule has 2 N–H and O–H groups in total. The summed E-state index contributed by atoms with van der Waals surface area (Å²) in [6.45, 7) is 1.32. The lowest BCUT2D eigenvalue weighted by Crippen LogP contribution is -2.38. The number of guanidine groups is 1. The number of nitrogens with one attached hydrogen (secondary N) is 2. The Hall–Kier alpha value is -0.960. The Bertz CT molecular complexity index is 460. The van der Waals surface area contributed by atoms with E-state index in [-0.39, 0.29) is 0 Å². The van der Waals surface area contributed by atoms with E-state index in [1.165, 1.54) is 0 Å². The molecule has 0 unspecified atom stereocenters. The van der Waals surface area contributed by atoms with Crippen LogP contribution in [0.3, 0.4) is 0 Å². The van der Waals surface area contributed by atoms with Gasteiger partial charge in [0.2, 0.25) is 0 Å². The van der Waals surface area contributed by atoms with Crippen molar-refractivity contribution in [2.75, 3.05) is 32.1 Å². The number of nitrogens with zero attached hydrogens (tertiary/aromatic N) is 2. The molecule has 0 saturated heterocycles. The largest absolute Gasteiger partial charge is 0.434 e. The Morgan fingerprint density at radius 3 is 2.64 bits per heavy atom. The predicted octanol–water partition coefficient (Wildman–Crippen LogP) is 3.01. The number of thiazole rings is 1. The van der Waals surface area contributed by atoms with Gasteiger partial charge in [0.05, 0.1) is 5.01 Å². The van der Waals surface area contributed by atoms with Gasteiger partial charge in [0, 0.05) is 31.9 Å². The summed E-state index contributed by atoms with van der Waals surface area (Å²) in [6.07, 6.45) is 0.356. The van der Waals surface area contributed by atoms with E-state index in [9.17, 15) is 13.2 Å². The number of thioether (sulfide) groups is 1. The van der Waals surface area contributed by atoms with Crippen LogP contribution in [0.1, 0.15) is 23.5 Å². The normalized spacial score (nSPS) is 12.5. The molecule has 1 aromatic heterocycles. The highest BCUT2D eigenvalue weighted by Crippen LogP contribution is 2.29. The van der Waals surface area contributed by atoms with Crippen molar-refractivity contribution in [1.29, 1.82) is 0 Å². The fourth-order valence-corrected chi connectivity index (χ4v) is 2.94. The van der Waals surface area contributed by atoms with Crippen molar-refractivity contribution in [2.45, 2.75) is 25.4 Å². The Morgan fingerprint density at radius 1 is 1.32 bits per heavy atom. The molecular weight excluding hydrogens is 333 g/mol. The first kappa shape index (κ1) is 19.1. The lowest BCUT2D eigenvalue weighted by Gasteiger charge is -2.11. The first-order chi connectivity index (χ1) is 10.5. The van der Waals surface area contributed by atoms with E-state index >= 15 is 0 Å².